The predicted octanol–water partition coefficient (Wildman–Crippen LogP) is 4.43. The highest BCUT2D eigenvalue weighted by atomic mass is 19.1. The molecule has 1 N–H and O–H groups in total. The molecular weight excluding hydrogens is 213 g/mol. The highest BCUT2D eigenvalue weighted by Crippen LogP contribution is 2.30. The van der Waals surface area contributed by atoms with E-state index in [1.165, 1.54) is 43.7 Å². The molecule has 0 radical (unpaired) electrons. The van der Waals surface area contributed by atoms with E-state index in [0.717, 1.165) is 17.7 Å². The van der Waals surface area contributed by atoms with Crippen molar-refractivity contribution in [2.24, 2.45) is 5.92 Å². The lowest BCUT2D eigenvalue weighted by atomic mass is 9.85. The van der Waals surface area contributed by atoms with E-state index < -0.39 is 0 Å². The molecule has 3 rings (SSSR count). The van der Waals surface area contributed by atoms with E-state index in [2.05, 4.69) is 4.98 Å². The molecule has 1 aliphatic rings. The first-order chi connectivity index (χ1) is 8.34. The number of hydrogen-bond donors (Lipinski definition) is 1. The third kappa shape index (κ3) is 2.08. The van der Waals surface area contributed by atoms with Gasteiger partial charge in [-0.05, 0) is 24.0 Å². The topological polar surface area (TPSA) is 15.8 Å². The molecular formula is C15H18FN. The van der Waals surface area contributed by atoms with Gasteiger partial charge in [0.1, 0.15) is 5.82 Å². The third-order valence-corrected chi connectivity index (χ3v) is 3.98. The standard InChI is InChI=1S/C15H18FN/c16-14-8-4-7-13-12(10-17-15(13)14)9-11-5-2-1-3-6-11/h4,7-8,10-11,17H,1-3,5-6,9H2. The van der Waals surface area contributed by atoms with Crippen LogP contribution in [0.2, 0.25) is 0 Å². The zero-order valence-corrected chi connectivity index (χ0v) is 10.0. The Bertz CT molecular complexity index is 509. The Morgan fingerprint density at radius 1 is 1.18 bits per heavy atom. The smallest absolute Gasteiger partial charge is 0.147 e. The molecule has 1 aromatic heterocycles. The molecule has 1 heterocycles. The molecule has 90 valence electrons. The van der Waals surface area contributed by atoms with Gasteiger partial charge in [0, 0.05) is 11.6 Å². The van der Waals surface area contributed by atoms with Crippen LogP contribution < -0.4 is 0 Å². The van der Waals surface area contributed by atoms with Gasteiger partial charge in [-0.15, -0.1) is 0 Å². The monoisotopic (exact) mass is 231 g/mol. The maximum Gasteiger partial charge on any atom is 0.147 e. The summed E-state index contributed by atoms with van der Waals surface area (Å²) >= 11 is 0. The van der Waals surface area contributed by atoms with Crippen LogP contribution in [0.5, 0.6) is 0 Å². The number of aromatic amines is 1. The Balaban J connectivity index is 1.87. The van der Waals surface area contributed by atoms with E-state index in [-0.39, 0.29) is 5.82 Å². The van der Waals surface area contributed by atoms with Crippen LogP contribution in [0.3, 0.4) is 0 Å². The lowest BCUT2D eigenvalue weighted by molar-refractivity contribution is 0.357. The van der Waals surface area contributed by atoms with Crippen molar-refractivity contribution in [3.63, 3.8) is 0 Å². The zero-order chi connectivity index (χ0) is 11.7. The Morgan fingerprint density at radius 3 is 2.82 bits per heavy atom. The van der Waals surface area contributed by atoms with E-state index in [1.807, 2.05) is 12.3 Å². The van der Waals surface area contributed by atoms with Gasteiger partial charge < -0.3 is 4.98 Å². The number of nitrogens with one attached hydrogen (secondary N) is 1. The molecule has 0 spiro atoms. The quantitative estimate of drug-likeness (QED) is 0.787. The molecule has 1 aliphatic carbocycles. The minimum Gasteiger partial charge on any atom is -0.359 e. The summed E-state index contributed by atoms with van der Waals surface area (Å²) in [6.07, 6.45) is 9.87. The number of halogens is 1. The van der Waals surface area contributed by atoms with Gasteiger partial charge in [0.05, 0.1) is 5.52 Å². The molecule has 2 heteroatoms. The van der Waals surface area contributed by atoms with Crippen LogP contribution in [0.15, 0.2) is 24.4 Å². The van der Waals surface area contributed by atoms with Gasteiger partial charge in [-0.1, -0.05) is 44.2 Å². The van der Waals surface area contributed by atoms with Crippen LogP contribution in [0.25, 0.3) is 10.9 Å². The fourth-order valence-electron chi connectivity index (χ4n) is 3.05. The summed E-state index contributed by atoms with van der Waals surface area (Å²) in [4.78, 5) is 3.07. The van der Waals surface area contributed by atoms with Gasteiger partial charge in [0.2, 0.25) is 0 Å². The fourth-order valence-corrected chi connectivity index (χ4v) is 3.05. The number of fused-ring (bicyclic) bond motifs is 1. The average Bonchev–Trinajstić information content (AvgIpc) is 2.76. The number of rotatable bonds is 2. The van der Waals surface area contributed by atoms with Crippen molar-refractivity contribution in [1.82, 2.24) is 4.98 Å². The molecule has 1 saturated carbocycles. The second-order valence-electron chi connectivity index (χ2n) is 5.18. The Morgan fingerprint density at radius 2 is 2.00 bits per heavy atom. The maximum atomic E-state index is 13.5. The Hall–Kier alpha value is -1.31. The molecule has 0 aliphatic heterocycles. The summed E-state index contributed by atoms with van der Waals surface area (Å²) in [7, 11) is 0. The minimum atomic E-state index is -0.141. The van der Waals surface area contributed by atoms with Gasteiger partial charge in [-0.25, -0.2) is 4.39 Å². The second kappa shape index (κ2) is 4.52. The van der Waals surface area contributed by atoms with E-state index in [9.17, 15) is 4.39 Å². The molecule has 1 aromatic carbocycles. The number of hydrogen-bond acceptors (Lipinski definition) is 0. The molecule has 0 atom stereocenters. The predicted molar refractivity (Wildman–Crippen MR) is 68.5 cm³/mol. The number of aromatic nitrogens is 1. The fraction of sp³-hybridized carbons (Fsp3) is 0.467. The normalized spacial score (nSPS) is 17.7. The minimum absolute atomic E-state index is 0.141. The van der Waals surface area contributed by atoms with Gasteiger partial charge in [-0.3, -0.25) is 0 Å². The first-order valence-electron chi connectivity index (χ1n) is 6.59. The first-order valence-corrected chi connectivity index (χ1v) is 6.59. The van der Waals surface area contributed by atoms with Crippen LogP contribution in [0.4, 0.5) is 4.39 Å². The van der Waals surface area contributed by atoms with Gasteiger partial charge in [0.25, 0.3) is 0 Å². The van der Waals surface area contributed by atoms with Crippen LogP contribution in [-0.4, -0.2) is 4.98 Å². The van der Waals surface area contributed by atoms with Gasteiger partial charge in [-0.2, -0.15) is 0 Å². The summed E-state index contributed by atoms with van der Waals surface area (Å²) in [5.41, 5.74) is 1.95. The van der Waals surface area contributed by atoms with Crippen molar-refractivity contribution in [2.45, 2.75) is 38.5 Å². The molecule has 1 fully saturated rings. The summed E-state index contributed by atoms with van der Waals surface area (Å²) in [5.74, 6) is 0.656. The number of H-pyrrole nitrogens is 1. The SMILES string of the molecule is Fc1cccc2c(CC3CCCCC3)c[nH]c12. The zero-order valence-electron chi connectivity index (χ0n) is 10.0. The van der Waals surface area contributed by atoms with Crippen molar-refractivity contribution < 1.29 is 4.39 Å². The van der Waals surface area contributed by atoms with E-state index in [1.54, 1.807) is 6.07 Å². The Kier molecular flexibility index (Phi) is 2.87. The van der Waals surface area contributed by atoms with Crippen LogP contribution in [0, 0.1) is 11.7 Å². The van der Waals surface area contributed by atoms with Crippen molar-refractivity contribution in [3.05, 3.63) is 35.8 Å². The van der Waals surface area contributed by atoms with Crippen molar-refractivity contribution >= 4 is 10.9 Å². The second-order valence-corrected chi connectivity index (χ2v) is 5.18. The Labute approximate surface area is 101 Å². The summed E-state index contributed by atoms with van der Waals surface area (Å²) < 4.78 is 13.5. The van der Waals surface area contributed by atoms with Crippen molar-refractivity contribution in [3.8, 4) is 0 Å². The van der Waals surface area contributed by atoms with Crippen LogP contribution >= 0.6 is 0 Å². The average molecular weight is 231 g/mol. The summed E-state index contributed by atoms with van der Waals surface area (Å²) in [6.45, 7) is 0. The summed E-state index contributed by atoms with van der Waals surface area (Å²) in [5, 5.41) is 1.07. The van der Waals surface area contributed by atoms with Crippen molar-refractivity contribution in [1.29, 1.82) is 0 Å². The maximum absolute atomic E-state index is 13.5. The first kappa shape index (κ1) is 10.8. The van der Waals surface area contributed by atoms with Crippen LogP contribution in [-0.2, 0) is 6.42 Å². The molecule has 0 saturated heterocycles. The molecule has 17 heavy (non-hydrogen) atoms. The van der Waals surface area contributed by atoms with Gasteiger partial charge >= 0.3 is 0 Å². The molecule has 1 nitrogen and oxygen atoms in total. The third-order valence-electron chi connectivity index (χ3n) is 3.98. The van der Waals surface area contributed by atoms with Crippen LogP contribution in [0.1, 0.15) is 37.7 Å². The molecule has 0 amide bonds. The largest absolute Gasteiger partial charge is 0.359 e. The molecule has 0 unspecified atom stereocenters. The van der Waals surface area contributed by atoms with E-state index in [4.69, 9.17) is 0 Å². The van der Waals surface area contributed by atoms with E-state index in [0.29, 0.717) is 5.52 Å². The number of para-hydroxylation sites is 1. The van der Waals surface area contributed by atoms with Gasteiger partial charge in [0.15, 0.2) is 0 Å². The molecule has 0 bridgehead atoms. The van der Waals surface area contributed by atoms with E-state index >= 15 is 0 Å². The highest BCUT2D eigenvalue weighted by molar-refractivity contribution is 5.83. The lowest BCUT2D eigenvalue weighted by Gasteiger charge is -2.21. The summed E-state index contributed by atoms with van der Waals surface area (Å²) in [6, 6.07) is 5.34. The highest BCUT2D eigenvalue weighted by Gasteiger charge is 2.16. The number of benzene rings is 1. The lowest BCUT2D eigenvalue weighted by Crippen LogP contribution is -2.08. The van der Waals surface area contributed by atoms with Crippen molar-refractivity contribution in [2.75, 3.05) is 0 Å². The molecule has 2 aromatic rings.